The molecule has 0 atom stereocenters. The molecule has 0 aliphatic carbocycles. The van der Waals surface area contributed by atoms with Crippen molar-refractivity contribution in [3.05, 3.63) is 65.2 Å². The molecule has 10 heteroatoms. The number of anilines is 1. The molecule has 0 unspecified atom stereocenters. The van der Waals surface area contributed by atoms with E-state index in [-0.39, 0.29) is 5.11 Å². The van der Waals surface area contributed by atoms with Gasteiger partial charge in [-0.05, 0) is 93.4 Å². The molecule has 1 aromatic heterocycles. The van der Waals surface area contributed by atoms with E-state index < -0.39 is 5.91 Å². The highest BCUT2D eigenvalue weighted by Crippen LogP contribution is 2.39. The second-order valence-corrected chi connectivity index (χ2v) is 9.81. The molecule has 3 aromatic carbocycles. The first-order valence-electron chi connectivity index (χ1n) is 13.4. The number of benzene rings is 3. The summed E-state index contributed by atoms with van der Waals surface area (Å²) in [6.07, 6.45) is 0. The molecule has 0 saturated carbocycles. The fraction of sp³-hybridized carbons (Fsp3) is 0.333. The van der Waals surface area contributed by atoms with E-state index in [1.54, 1.807) is 16.9 Å². The van der Waals surface area contributed by atoms with E-state index in [1.165, 1.54) is 5.56 Å². The van der Waals surface area contributed by atoms with Gasteiger partial charge in [0.15, 0.2) is 16.6 Å². The zero-order valence-corrected chi connectivity index (χ0v) is 24.5. The van der Waals surface area contributed by atoms with Crippen molar-refractivity contribution in [2.24, 2.45) is 0 Å². The van der Waals surface area contributed by atoms with Gasteiger partial charge in [-0.1, -0.05) is 26.0 Å². The van der Waals surface area contributed by atoms with Gasteiger partial charge in [-0.15, -0.1) is 10.2 Å². The number of carbonyl (C=O) groups is 1. The maximum absolute atomic E-state index is 13.1. The molecule has 1 amide bonds. The second kappa shape index (κ2) is 12.8. The van der Waals surface area contributed by atoms with E-state index in [4.69, 9.17) is 26.4 Å². The molecular formula is C30H35N5O4S. The van der Waals surface area contributed by atoms with Crippen LogP contribution in [-0.2, 0) is 0 Å². The SMILES string of the molecule is CCOc1cc(C(=O)NC(=S)Nc2cc3nn(-c4ccc(C(C)C)cc4)nc3cc2C)cc(OCC)c1OCC. The normalized spacial score (nSPS) is 11.0. The molecule has 4 rings (SSSR count). The Morgan fingerprint density at radius 2 is 1.48 bits per heavy atom. The number of hydrogen-bond donors (Lipinski definition) is 2. The molecule has 4 aromatic rings. The van der Waals surface area contributed by atoms with Crippen molar-refractivity contribution in [1.82, 2.24) is 20.3 Å². The van der Waals surface area contributed by atoms with Gasteiger partial charge < -0.3 is 19.5 Å². The second-order valence-electron chi connectivity index (χ2n) is 9.40. The zero-order chi connectivity index (χ0) is 28.8. The number of nitrogens with zero attached hydrogens (tertiary/aromatic N) is 3. The zero-order valence-electron chi connectivity index (χ0n) is 23.7. The van der Waals surface area contributed by atoms with Crippen molar-refractivity contribution >= 4 is 40.0 Å². The number of aromatic nitrogens is 3. The van der Waals surface area contributed by atoms with E-state index in [9.17, 15) is 4.79 Å². The van der Waals surface area contributed by atoms with Crippen molar-refractivity contribution in [3.8, 4) is 22.9 Å². The number of nitrogens with one attached hydrogen (secondary N) is 2. The Morgan fingerprint density at radius 3 is 2.02 bits per heavy atom. The first-order valence-corrected chi connectivity index (χ1v) is 13.8. The fourth-order valence-electron chi connectivity index (χ4n) is 4.16. The molecule has 0 saturated heterocycles. The average Bonchev–Trinajstić information content (AvgIpc) is 3.33. The number of fused-ring (bicyclic) bond motifs is 1. The summed E-state index contributed by atoms with van der Waals surface area (Å²) in [6, 6.07) is 15.3. The summed E-state index contributed by atoms with van der Waals surface area (Å²) in [7, 11) is 0. The fourth-order valence-corrected chi connectivity index (χ4v) is 4.36. The maximum Gasteiger partial charge on any atom is 0.257 e. The van der Waals surface area contributed by atoms with Crippen molar-refractivity contribution < 1.29 is 19.0 Å². The van der Waals surface area contributed by atoms with Gasteiger partial charge in [0.1, 0.15) is 11.0 Å². The average molecular weight is 562 g/mol. The highest BCUT2D eigenvalue weighted by molar-refractivity contribution is 7.80. The van der Waals surface area contributed by atoms with Crippen LogP contribution in [0.15, 0.2) is 48.5 Å². The molecule has 1 heterocycles. The topological polar surface area (TPSA) is 99.5 Å². The molecule has 0 radical (unpaired) electrons. The molecule has 40 heavy (non-hydrogen) atoms. The number of aryl methyl sites for hydroxylation is 1. The highest BCUT2D eigenvalue weighted by atomic mass is 32.1. The van der Waals surface area contributed by atoms with Crippen LogP contribution in [0.5, 0.6) is 17.2 Å². The van der Waals surface area contributed by atoms with Crippen LogP contribution >= 0.6 is 12.2 Å². The first-order chi connectivity index (χ1) is 19.2. The van der Waals surface area contributed by atoms with Gasteiger partial charge >= 0.3 is 0 Å². The first kappa shape index (κ1) is 28.8. The number of amides is 1. The third-order valence-corrected chi connectivity index (χ3v) is 6.37. The Kier molecular flexibility index (Phi) is 9.21. The molecule has 2 N–H and O–H groups in total. The van der Waals surface area contributed by atoms with Gasteiger partial charge in [-0.25, -0.2) is 0 Å². The lowest BCUT2D eigenvalue weighted by Crippen LogP contribution is -2.34. The van der Waals surface area contributed by atoms with Gasteiger partial charge in [0, 0.05) is 11.3 Å². The largest absolute Gasteiger partial charge is 0.490 e. The maximum atomic E-state index is 13.1. The van der Waals surface area contributed by atoms with E-state index in [1.807, 2.05) is 52.0 Å². The van der Waals surface area contributed by atoms with Crippen LogP contribution in [0.2, 0.25) is 0 Å². The molecule has 0 aliphatic rings. The van der Waals surface area contributed by atoms with Crippen molar-refractivity contribution in [2.45, 2.75) is 47.5 Å². The lowest BCUT2D eigenvalue weighted by Gasteiger charge is -2.17. The van der Waals surface area contributed by atoms with Gasteiger partial charge in [-0.2, -0.15) is 4.80 Å². The van der Waals surface area contributed by atoms with Crippen molar-refractivity contribution in [2.75, 3.05) is 25.1 Å². The molecule has 0 fully saturated rings. The summed E-state index contributed by atoms with van der Waals surface area (Å²) in [4.78, 5) is 14.8. The number of thiocarbonyl (C=S) groups is 1. The van der Waals surface area contributed by atoms with E-state index in [2.05, 4.69) is 46.8 Å². The molecule has 0 spiro atoms. The molecular weight excluding hydrogens is 526 g/mol. The highest BCUT2D eigenvalue weighted by Gasteiger charge is 2.19. The Bertz CT molecular complexity index is 1490. The Balaban J connectivity index is 1.52. The van der Waals surface area contributed by atoms with Crippen LogP contribution in [0.4, 0.5) is 5.69 Å². The third kappa shape index (κ3) is 6.51. The van der Waals surface area contributed by atoms with Crippen LogP contribution < -0.4 is 24.8 Å². The van der Waals surface area contributed by atoms with Gasteiger partial charge in [0.2, 0.25) is 5.75 Å². The minimum Gasteiger partial charge on any atom is -0.490 e. The summed E-state index contributed by atoms with van der Waals surface area (Å²) in [5, 5.41) is 15.3. The van der Waals surface area contributed by atoms with Crippen molar-refractivity contribution in [1.29, 1.82) is 0 Å². The van der Waals surface area contributed by atoms with Crippen LogP contribution in [-0.4, -0.2) is 45.8 Å². The predicted octanol–water partition coefficient (Wildman–Crippen LogP) is 6.18. The Labute approximate surface area is 239 Å². The smallest absolute Gasteiger partial charge is 0.257 e. The van der Waals surface area contributed by atoms with Crippen LogP contribution in [0.3, 0.4) is 0 Å². The van der Waals surface area contributed by atoms with Crippen LogP contribution in [0.25, 0.3) is 16.7 Å². The summed E-state index contributed by atoms with van der Waals surface area (Å²) in [6.45, 7) is 13.1. The number of carbonyl (C=O) groups excluding carboxylic acids is 1. The summed E-state index contributed by atoms with van der Waals surface area (Å²) >= 11 is 5.47. The summed E-state index contributed by atoms with van der Waals surface area (Å²) in [5.41, 5.74) is 5.55. The number of rotatable bonds is 10. The monoisotopic (exact) mass is 561 g/mol. The number of hydrogen-bond acceptors (Lipinski definition) is 7. The Morgan fingerprint density at radius 1 is 0.900 bits per heavy atom. The van der Waals surface area contributed by atoms with Crippen LogP contribution in [0, 0.1) is 6.92 Å². The Hall–Kier alpha value is -4.18. The summed E-state index contributed by atoms with van der Waals surface area (Å²) in [5.74, 6) is 1.38. The predicted molar refractivity (Wildman–Crippen MR) is 161 cm³/mol. The minimum atomic E-state index is -0.406. The molecule has 0 bridgehead atoms. The van der Waals surface area contributed by atoms with E-state index in [0.717, 1.165) is 22.5 Å². The lowest BCUT2D eigenvalue weighted by molar-refractivity contribution is 0.0976. The van der Waals surface area contributed by atoms with Gasteiger partial charge in [0.05, 0.1) is 25.5 Å². The summed E-state index contributed by atoms with van der Waals surface area (Å²) < 4.78 is 17.2. The van der Waals surface area contributed by atoms with Gasteiger partial charge in [0.25, 0.3) is 5.91 Å². The minimum absolute atomic E-state index is 0.147. The van der Waals surface area contributed by atoms with E-state index >= 15 is 0 Å². The van der Waals surface area contributed by atoms with E-state index in [0.29, 0.717) is 54.1 Å². The van der Waals surface area contributed by atoms with Crippen molar-refractivity contribution in [3.63, 3.8) is 0 Å². The quantitative estimate of drug-likeness (QED) is 0.222. The molecule has 210 valence electrons. The molecule has 9 nitrogen and oxygen atoms in total. The lowest BCUT2D eigenvalue weighted by atomic mass is 10.0. The number of ether oxygens (including phenoxy) is 3. The molecule has 0 aliphatic heterocycles. The van der Waals surface area contributed by atoms with Gasteiger partial charge in [-0.3, -0.25) is 10.1 Å². The third-order valence-electron chi connectivity index (χ3n) is 6.16. The van der Waals surface area contributed by atoms with Crippen LogP contribution in [0.1, 0.15) is 62.0 Å². The standard InChI is InChI=1S/C30H35N5O4S/c1-7-37-26-15-21(16-27(38-8-2)28(26)39-9-3)29(36)32-30(40)31-23-17-25-24(14-19(23)6)33-35(34-25)22-12-10-20(11-13-22)18(4)5/h10-18H,7-9H2,1-6H3,(H2,31,32,36,40).